The van der Waals surface area contributed by atoms with Gasteiger partial charge in [-0.1, -0.05) is 37.3 Å². The fourth-order valence-corrected chi connectivity index (χ4v) is 4.90. The van der Waals surface area contributed by atoms with E-state index in [-0.39, 0.29) is 17.7 Å². The number of nitrogens with one attached hydrogen (secondary N) is 1. The van der Waals surface area contributed by atoms with Crippen molar-refractivity contribution in [1.29, 1.82) is 0 Å². The van der Waals surface area contributed by atoms with Crippen molar-refractivity contribution in [2.24, 2.45) is 0 Å². The van der Waals surface area contributed by atoms with Gasteiger partial charge in [0.25, 0.3) is 0 Å². The van der Waals surface area contributed by atoms with Crippen molar-refractivity contribution in [2.45, 2.75) is 58.0 Å². The maximum Gasteiger partial charge on any atom is 0.238 e. The molecule has 0 unspecified atom stereocenters. The molecule has 1 N–H and O–H groups in total. The van der Waals surface area contributed by atoms with Crippen LogP contribution in [0.25, 0.3) is 0 Å². The maximum atomic E-state index is 12.5. The van der Waals surface area contributed by atoms with Crippen molar-refractivity contribution in [3.8, 4) is 0 Å². The highest BCUT2D eigenvalue weighted by Crippen LogP contribution is 2.22. The molecule has 1 saturated heterocycles. The quantitative estimate of drug-likeness (QED) is 0.781. The molecule has 134 valence electrons. The minimum atomic E-state index is -3.32. The van der Waals surface area contributed by atoms with Crippen LogP contribution in [0.2, 0.25) is 0 Å². The lowest BCUT2D eigenvalue weighted by Crippen LogP contribution is -2.48. The molecule has 24 heavy (non-hydrogen) atoms. The first-order valence-electron chi connectivity index (χ1n) is 8.78. The molecule has 0 saturated carbocycles. The van der Waals surface area contributed by atoms with E-state index in [2.05, 4.69) is 17.4 Å². The van der Waals surface area contributed by atoms with Gasteiger partial charge < -0.3 is 5.32 Å². The highest BCUT2D eigenvalue weighted by molar-refractivity contribution is 7.89. The molecule has 0 radical (unpaired) electrons. The van der Waals surface area contributed by atoms with E-state index < -0.39 is 16.1 Å². The van der Waals surface area contributed by atoms with Gasteiger partial charge in [0.2, 0.25) is 15.9 Å². The molecule has 1 aromatic rings. The molecule has 1 fully saturated rings. The predicted octanol–water partition coefficient (Wildman–Crippen LogP) is 2.33. The number of rotatable bonds is 8. The Morgan fingerprint density at radius 1 is 1.33 bits per heavy atom. The zero-order valence-electron chi connectivity index (χ0n) is 14.6. The van der Waals surface area contributed by atoms with E-state index in [1.54, 1.807) is 0 Å². The summed E-state index contributed by atoms with van der Waals surface area (Å²) in [7, 11) is -3.32. The van der Waals surface area contributed by atoms with E-state index >= 15 is 0 Å². The average Bonchev–Trinajstić information content (AvgIpc) is 3.04. The van der Waals surface area contributed by atoms with E-state index in [1.807, 2.05) is 32.0 Å². The first-order valence-corrected chi connectivity index (χ1v) is 10.4. The van der Waals surface area contributed by atoms with Crippen LogP contribution in [0.3, 0.4) is 0 Å². The van der Waals surface area contributed by atoms with Gasteiger partial charge in [-0.3, -0.25) is 4.79 Å². The van der Waals surface area contributed by atoms with Crippen LogP contribution < -0.4 is 5.32 Å². The number of nitrogens with zero attached hydrogens (tertiary/aromatic N) is 1. The summed E-state index contributed by atoms with van der Waals surface area (Å²) in [4.78, 5) is 12.5. The molecule has 0 aliphatic carbocycles. The molecule has 1 aliphatic heterocycles. The van der Waals surface area contributed by atoms with Crippen molar-refractivity contribution in [3.63, 3.8) is 0 Å². The molecule has 6 heteroatoms. The topological polar surface area (TPSA) is 66.5 Å². The van der Waals surface area contributed by atoms with Crippen molar-refractivity contribution in [3.05, 3.63) is 35.9 Å². The standard InChI is InChI=1S/C18H28N2O3S/c1-3-14-24(22,23)20-13-7-10-17(20)18(21)19-15(2)11-12-16-8-5-4-6-9-16/h4-6,8-9,15,17H,3,7,10-14H2,1-2H3,(H,19,21)/t15-,17+/m0/s1. The Balaban J connectivity index is 1.88. The van der Waals surface area contributed by atoms with Crippen LogP contribution in [0.15, 0.2) is 30.3 Å². The number of carbonyl (C=O) groups excluding carboxylic acids is 1. The Kier molecular flexibility index (Phi) is 6.80. The lowest BCUT2D eigenvalue weighted by atomic mass is 10.1. The minimum Gasteiger partial charge on any atom is -0.352 e. The number of sulfonamides is 1. The Morgan fingerprint density at radius 3 is 2.71 bits per heavy atom. The number of hydrogen-bond acceptors (Lipinski definition) is 3. The van der Waals surface area contributed by atoms with Crippen LogP contribution in [-0.2, 0) is 21.2 Å². The largest absolute Gasteiger partial charge is 0.352 e. The molecule has 0 spiro atoms. The fraction of sp³-hybridized carbons (Fsp3) is 0.611. The van der Waals surface area contributed by atoms with Crippen molar-refractivity contribution < 1.29 is 13.2 Å². The Hall–Kier alpha value is -1.40. The molecule has 1 aromatic carbocycles. The van der Waals surface area contributed by atoms with Crippen LogP contribution in [0.4, 0.5) is 0 Å². The Labute approximate surface area is 145 Å². The van der Waals surface area contributed by atoms with E-state index in [4.69, 9.17) is 0 Å². The Bertz CT molecular complexity index is 631. The molecule has 5 nitrogen and oxygen atoms in total. The van der Waals surface area contributed by atoms with Crippen LogP contribution in [0.1, 0.15) is 45.1 Å². The summed E-state index contributed by atoms with van der Waals surface area (Å²) < 4.78 is 26.0. The molecule has 1 heterocycles. The van der Waals surface area contributed by atoms with Crippen molar-refractivity contribution >= 4 is 15.9 Å². The van der Waals surface area contributed by atoms with Gasteiger partial charge in [0.1, 0.15) is 6.04 Å². The lowest BCUT2D eigenvalue weighted by Gasteiger charge is -2.25. The highest BCUT2D eigenvalue weighted by Gasteiger charge is 2.38. The fourth-order valence-electron chi connectivity index (χ4n) is 3.15. The number of aryl methyl sites for hydroxylation is 1. The summed E-state index contributed by atoms with van der Waals surface area (Å²) in [6.45, 7) is 4.27. The highest BCUT2D eigenvalue weighted by atomic mass is 32.2. The van der Waals surface area contributed by atoms with Gasteiger partial charge in [0, 0.05) is 12.6 Å². The van der Waals surface area contributed by atoms with E-state index in [0.29, 0.717) is 19.4 Å². The Morgan fingerprint density at radius 2 is 2.04 bits per heavy atom. The zero-order chi connectivity index (χ0) is 17.6. The van der Waals surface area contributed by atoms with Gasteiger partial charge in [-0.05, 0) is 44.6 Å². The van der Waals surface area contributed by atoms with Gasteiger partial charge >= 0.3 is 0 Å². The summed E-state index contributed by atoms with van der Waals surface area (Å²) in [5.74, 6) is -0.0481. The number of amides is 1. The van der Waals surface area contributed by atoms with E-state index in [1.165, 1.54) is 9.87 Å². The first-order chi connectivity index (χ1) is 11.4. The van der Waals surface area contributed by atoms with Crippen LogP contribution in [0.5, 0.6) is 0 Å². The summed E-state index contributed by atoms with van der Waals surface area (Å²) >= 11 is 0. The average molecular weight is 353 g/mol. The zero-order valence-corrected chi connectivity index (χ0v) is 15.4. The number of benzene rings is 1. The van der Waals surface area contributed by atoms with Crippen LogP contribution >= 0.6 is 0 Å². The summed E-state index contributed by atoms with van der Waals surface area (Å²) in [5, 5.41) is 2.99. The normalized spacial score (nSPS) is 20.0. The second-order valence-electron chi connectivity index (χ2n) is 6.52. The number of hydrogen-bond donors (Lipinski definition) is 1. The van der Waals surface area contributed by atoms with Crippen LogP contribution in [0, 0.1) is 0 Å². The molecule has 2 rings (SSSR count). The third-order valence-electron chi connectivity index (χ3n) is 4.42. The SMILES string of the molecule is CCCS(=O)(=O)N1CCC[C@@H]1C(=O)N[C@@H](C)CCc1ccccc1. The smallest absolute Gasteiger partial charge is 0.238 e. The third-order valence-corrected chi connectivity index (χ3v) is 6.50. The summed E-state index contributed by atoms with van der Waals surface area (Å²) in [6.07, 6.45) is 3.66. The molecule has 2 atom stereocenters. The summed E-state index contributed by atoms with van der Waals surface area (Å²) in [5.41, 5.74) is 1.24. The molecule has 1 amide bonds. The van der Waals surface area contributed by atoms with Gasteiger partial charge in [0.15, 0.2) is 0 Å². The molecule has 0 bridgehead atoms. The number of carbonyl (C=O) groups is 1. The monoisotopic (exact) mass is 352 g/mol. The van der Waals surface area contributed by atoms with E-state index in [0.717, 1.165) is 19.3 Å². The van der Waals surface area contributed by atoms with Gasteiger partial charge in [-0.15, -0.1) is 0 Å². The first kappa shape index (κ1) is 18.9. The predicted molar refractivity (Wildman–Crippen MR) is 96.2 cm³/mol. The lowest BCUT2D eigenvalue weighted by molar-refractivity contribution is -0.124. The summed E-state index contributed by atoms with van der Waals surface area (Å²) in [6, 6.07) is 9.63. The van der Waals surface area contributed by atoms with Crippen molar-refractivity contribution in [1.82, 2.24) is 9.62 Å². The van der Waals surface area contributed by atoms with Crippen molar-refractivity contribution in [2.75, 3.05) is 12.3 Å². The van der Waals surface area contributed by atoms with Gasteiger partial charge in [-0.25, -0.2) is 8.42 Å². The molecular formula is C18H28N2O3S. The minimum absolute atomic E-state index is 0.0223. The van der Waals surface area contributed by atoms with Crippen LogP contribution in [-0.4, -0.2) is 43.0 Å². The van der Waals surface area contributed by atoms with E-state index in [9.17, 15) is 13.2 Å². The molecular weight excluding hydrogens is 324 g/mol. The van der Waals surface area contributed by atoms with Gasteiger partial charge in [-0.2, -0.15) is 4.31 Å². The molecule has 1 aliphatic rings. The second kappa shape index (κ2) is 8.62. The van der Waals surface area contributed by atoms with Gasteiger partial charge in [0.05, 0.1) is 5.75 Å². The molecule has 0 aromatic heterocycles. The maximum absolute atomic E-state index is 12.5. The second-order valence-corrected chi connectivity index (χ2v) is 8.56. The third kappa shape index (κ3) is 5.05.